The molecule has 1 N–H and O–H groups in total. The summed E-state index contributed by atoms with van der Waals surface area (Å²) in [5, 5.41) is 7.96. The van der Waals surface area contributed by atoms with E-state index in [2.05, 4.69) is 52.4 Å². The highest BCUT2D eigenvalue weighted by atomic mass is 15.3. The van der Waals surface area contributed by atoms with Crippen molar-refractivity contribution in [2.75, 3.05) is 6.54 Å². The van der Waals surface area contributed by atoms with Crippen LogP contribution < -0.4 is 5.32 Å². The Labute approximate surface area is 148 Å². The number of imidazole rings is 1. The first-order valence-corrected chi connectivity index (χ1v) is 9.17. The molecule has 1 aromatic carbocycles. The van der Waals surface area contributed by atoms with Gasteiger partial charge in [0.25, 0.3) is 0 Å². The van der Waals surface area contributed by atoms with Crippen LogP contribution >= 0.6 is 0 Å². The van der Waals surface area contributed by atoms with Crippen LogP contribution in [0.4, 0.5) is 0 Å². The smallest absolute Gasteiger partial charge is 0.140 e. The molecular formula is C20H25N5. The Bertz CT molecular complexity index is 805. The highest BCUT2D eigenvalue weighted by Crippen LogP contribution is 2.30. The molecule has 0 amide bonds. The molecule has 0 saturated carbocycles. The van der Waals surface area contributed by atoms with E-state index in [1.807, 2.05) is 29.3 Å². The van der Waals surface area contributed by atoms with Crippen molar-refractivity contribution in [1.82, 2.24) is 24.6 Å². The van der Waals surface area contributed by atoms with Crippen molar-refractivity contribution in [1.29, 1.82) is 0 Å². The van der Waals surface area contributed by atoms with Crippen LogP contribution in [0.2, 0.25) is 0 Å². The van der Waals surface area contributed by atoms with Crippen LogP contribution in [-0.4, -0.2) is 31.9 Å². The van der Waals surface area contributed by atoms with E-state index in [4.69, 9.17) is 4.98 Å². The molecule has 0 spiro atoms. The molecule has 3 aromatic rings. The highest BCUT2D eigenvalue weighted by Gasteiger charge is 2.24. The quantitative estimate of drug-likeness (QED) is 0.776. The maximum atomic E-state index is 4.72. The minimum atomic E-state index is 0.515. The summed E-state index contributed by atoms with van der Waals surface area (Å²) in [5.41, 5.74) is 2.45. The van der Waals surface area contributed by atoms with E-state index >= 15 is 0 Å². The van der Waals surface area contributed by atoms with Gasteiger partial charge in [-0.2, -0.15) is 5.10 Å². The van der Waals surface area contributed by atoms with Gasteiger partial charge in [-0.3, -0.25) is 4.68 Å². The number of rotatable bonds is 5. The highest BCUT2D eigenvalue weighted by molar-refractivity contribution is 5.61. The lowest BCUT2D eigenvalue weighted by Crippen LogP contribution is -2.38. The SMILES string of the molecule is CC[C@@H]1C[C@H](n2ccnc2-c2ccccc2Cn2cccn2)CCN1. The van der Waals surface area contributed by atoms with Crippen LogP contribution in [0.25, 0.3) is 11.4 Å². The van der Waals surface area contributed by atoms with E-state index < -0.39 is 0 Å². The average Bonchev–Trinajstić information content (AvgIpc) is 3.34. The predicted octanol–water partition coefficient (Wildman–Crippen LogP) is 3.50. The van der Waals surface area contributed by atoms with E-state index in [-0.39, 0.29) is 0 Å². The standard InChI is InChI=1S/C20H25N5/c1-2-17-14-18(8-10-21-17)25-13-11-22-20(25)19-7-4-3-6-16(19)15-24-12-5-9-23-24/h3-7,9,11-13,17-18,21H,2,8,10,14-15H2,1H3/t17-,18-/m1/s1. The Balaban J connectivity index is 1.66. The van der Waals surface area contributed by atoms with Crippen LogP contribution in [0.1, 0.15) is 37.8 Å². The molecule has 2 atom stereocenters. The van der Waals surface area contributed by atoms with Gasteiger partial charge < -0.3 is 9.88 Å². The fourth-order valence-corrected chi connectivity index (χ4v) is 3.81. The van der Waals surface area contributed by atoms with Gasteiger partial charge in [0.1, 0.15) is 5.82 Å². The molecule has 0 unspecified atom stereocenters. The van der Waals surface area contributed by atoms with Gasteiger partial charge >= 0.3 is 0 Å². The minimum absolute atomic E-state index is 0.515. The van der Waals surface area contributed by atoms with Crippen molar-refractivity contribution in [3.63, 3.8) is 0 Å². The number of nitrogens with zero attached hydrogens (tertiary/aromatic N) is 4. The molecular weight excluding hydrogens is 310 g/mol. The third kappa shape index (κ3) is 3.37. The zero-order valence-corrected chi connectivity index (χ0v) is 14.7. The van der Waals surface area contributed by atoms with Crippen LogP contribution in [0.5, 0.6) is 0 Å². The molecule has 4 rings (SSSR count). The van der Waals surface area contributed by atoms with Crippen molar-refractivity contribution in [2.24, 2.45) is 0 Å². The lowest BCUT2D eigenvalue weighted by Gasteiger charge is -2.31. The largest absolute Gasteiger partial charge is 0.328 e. The van der Waals surface area contributed by atoms with Crippen molar-refractivity contribution >= 4 is 0 Å². The second-order valence-corrected chi connectivity index (χ2v) is 6.76. The van der Waals surface area contributed by atoms with Crippen molar-refractivity contribution in [2.45, 2.75) is 44.8 Å². The van der Waals surface area contributed by atoms with Gasteiger partial charge in [-0.15, -0.1) is 0 Å². The third-order valence-corrected chi connectivity index (χ3v) is 5.17. The number of benzene rings is 1. The van der Waals surface area contributed by atoms with E-state index in [0.717, 1.165) is 25.3 Å². The number of nitrogens with one attached hydrogen (secondary N) is 1. The van der Waals surface area contributed by atoms with Crippen molar-refractivity contribution in [3.8, 4) is 11.4 Å². The van der Waals surface area contributed by atoms with Gasteiger partial charge in [0, 0.05) is 42.4 Å². The summed E-state index contributed by atoms with van der Waals surface area (Å²) in [4.78, 5) is 4.72. The first-order valence-electron chi connectivity index (χ1n) is 9.17. The van der Waals surface area contributed by atoms with Gasteiger partial charge in [0.2, 0.25) is 0 Å². The lowest BCUT2D eigenvalue weighted by atomic mass is 9.97. The minimum Gasteiger partial charge on any atom is -0.328 e. The maximum absolute atomic E-state index is 4.72. The molecule has 1 aliphatic heterocycles. The summed E-state index contributed by atoms with van der Waals surface area (Å²) in [6.07, 6.45) is 11.4. The van der Waals surface area contributed by atoms with Crippen LogP contribution in [0.3, 0.4) is 0 Å². The molecule has 25 heavy (non-hydrogen) atoms. The van der Waals surface area contributed by atoms with E-state index in [9.17, 15) is 0 Å². The number of hydrogen-bond acceptors (Lipinski definition) is 3. The molecule has 0 bridgehead atoms. The average molecular weight is 335 g/mol. The summed E-state index contributed by atoms with van der Waals surface area (Å²) in [7, 11) is 0. The second kappa shape index (κ2) is 7.23. The van der Waals surface area contributed by atoms with Gasteiger partial charge in [-0.05, 0) is 37.4 Å². The van der Waals surface area contributed by atoms with Gasteiger partial charge in [0.05, 0.1) is 6.54 Å². The van der Waals surface area contributed by atoms with E-state index in [1.165, 1.54) is 24.0 Å². The van der Waals surface area contributed by atoms with Gasteiger partial charge in [-0.25, -0.2) is 4.98 Å². The molecule has 1 fully saturated rings. The Morgan fingerprint density at radius 1 is 1.16 bits per heavy atom. The Hall–Kier alpha value is -2.40. The molecule has 130 valence electrons. The monoisotopic (exact) mass is 335 g/mol. The van der Waals surface area contributed by atoms with E-state index in [1.54, 1.807) is 0 Å². The topological polar surface area (TPSA) is 47.7 Å². The number of hydrogen-bond donors (Lipinski definition) is 1. The molecule has 0 radical (unpaired) electrons. The summed E-state index contributed by atoms with van der Waals surface area (Å²) in [6, 6.07) is 11.6. The zero-order valence-electron chi connectivity index (χ0n) is 14.7. The lowest BCUT2D eigenvalue weighted by molar-refractivity contribution is 0.297. The molecule has 5 nitrogen and oxygen atoms in total. The number of aromatic nitrogens is 4. The molecule has 1 aliphatic rings. The van der Waals surface area contributed by atoms with Crippen molar-refractivity contribution < 1.29 is 0 Å². The van der Waals surface area contributed by atoms with Crippen LogP contribution in [0, 0.1) is 0 Å². The van der Waals surface area contributed by atoms with Crippen LogP contribution in [0.15, 0.2) is 55.1 Å². The molecule has 0 aliphatic carbocycles. The van der Waals surface area contributed by atoms with Crippen molar-refractivity contribution in [3.05, 3.63) is 60.7 Å². The van der Waals surface area contributed by atoms with E-state index in [0.29, 0.717) is 12.1 Å². The predicted molar refractivity (Wildman–Crippen MR) is 99.3 cm³/mol. The molecule has 3 heterocycles. The first kappa shape index (κ1) is 16.1. The summed E-state index contributed by atoms with van der Waals surface area (Å²) >= 11 is 0. The fourth-order valence-electron chi connectivity index (χ4n) is 3.81. The normalized spacial score (nSPS) is 20.7. The molecule has 1 saturated heterocycles. The Morgan fingerprint density at radius 3 is 2.92 bits per heavy atom. The Kier molecular flexibility index (Phi) is 4.65. The number of piperidine rings is 1. The molecule has 2 aromatic heterocycles. The summed E-state index contributed by atoms with van der Waals surface area (Å²) in [5.74, 6) is 1.07. The van der Waals surface area contributed by atoms with Gasteiger partial charge in [0.15, 0.2) is 0 Å². The molecule has 5 heteroatoms. The zero-order chi connectivity index (χ0) is 17.1. The summed E-state index contributed by atoms with van der Waals surface area (Å²) < 4.78 is 4.34. The fraction of sp³-hybridized carbons (Fsp3) is 0.400. The third-order valence-electron chi connectivity index (χ3n) is 5.17. The maximum Gasteiger partial charge on any atom is 0.140 e. The van der Waals surface area contributed by atoms with Gasteiger partial charge in [-0.1, -0.05) is 31.2 Å². The van der Waals surface area contributed by atoms with Crippen LogP contribution in [-0.2, 0) is 6.54 Å². The second-order valence-electron chi connectivity index (χ2n) is 6.76. The Morgan fingerprint density at radius 2 is 2.08 bits per heavy atom. The first-order chi connectivity index (χ1) is 12.3. The summed E-state index contributed by atoms with van der Waals surface area (Å²) in [6.45, 7) is 4.10.